The fourth-order valence-corrected chi connectivity index (χ4v) is 4.37. The molecule has 4 rings (SSSR count). The molecule has 1 aromatic heterocycles. The van der Waals surface area contributed by atoms with E-state index in [0.717, 1.165) is 11.5 Å². The first-order valence-corrected chi connectivity index (χ1v) is 10.0. The normalized spacial score (nSPS) is 10.8. The average molecular weight is 384 g/mol. The second-order valence-corrected chi connectivity index (χ2v) is 7.64. The molecule has 0 saturated heterocycles. The Morgan fingerprint density at radius 1 is 0.500 bits per heavy atom. The Morgan fingerprint density at radius 3 is 1.46 bits per heavy atom. The van der Waals surface area contributed by atoms with Gasteiger partial charge in [0.1, 0.15) is 11.5 Å². The van der Waals surface area contributed by atoms with Crippen molar-refractivity contribution in [3.63, 3.8) is 0 Å². The third-order valence-corrected chi connectivity index (χ3v) is 5.96. The molecular weight excluding hydrogens is 363 g/mol. The topological polar surface area (TPSA) is 18.5 Å². The van der Waals surface area contributed by atoms with Crippen LogP contribution in [0.5, 0.6) is 11.5 Å². The van der Waals surface area contributed by atoms with Crippen molar-refractivity contribution in [1.82, 2.24) is 0 Å². The number of methoxy groups -OCH3 is 2. The van der Waals surface area contributed by atoms with Gasteiger partial charge in [-0.05, 0) is 58.7 Å². The second kappa shape index (κ2) is 8.29. The Kier molecular flexibility index (Phi) is 5.41. The van der Waals surface area contributed by atoms with Gasteiger partial charge in [0, 0.05) is 10.6 Å². The Balaban J connectivity index is 1.84. The zero-order chi connectivity index (χ0) is 19.3. The van der Waals surface area contributed by atoms with E-state index in [1.807, 2.05) is 24.3 Å². The maximum Gasteiger partial charge on any atom is 0.118 e. The van der Waals surface area contributed by atoms with Crippen LogP contribution >= 0.6 is 8.19 Å². The van der Waals surface area contributed by atoms with Crippen LogP contribution in [0.1, 0.15) is 0 Å². The summed E-state index contributed by atoms with van der Waals surface area (Å²) in [5, 5.41) is 2.56. The van der Waals surface area contributed by atoms with E-state index >= 15 is 0 Å². The predicted octanol–water partition coefficient (Wildman–Crippen LogP) is 7.28. The molecule has 3 heteroatoms. The minimum atomic E-state index is 0.866. The van der Waals surface area contributed by atoms with Gasteiger partial charge >= 0.3 is 0 Å². The molecule has 3 aromatic carbocycles. The number of hydrogen-bond acceptors (Lipinski definition) is 2. The lowest BCUT2D eigenvalue weighted by atomic mass is 10.0. The van der Waals surface area contributed by atoms with E-state index in [2.05, 4.69) is 66.7 Å². The van der Waals surface area contributed by atoms with Crippen LogP contribution in [0.3, 0.4) is 0 Å². The summed E-state index contributed by atoms with van der Waals surface area (Å²) >= 11 is 0. The standard InChI is InChI=1S/C25H21O2P/c1-26-22-12-8-18(9-13-22)21-16-24(19-6-4-3-5-7-19)28-25(17-21)20-10-14-23(27-2)15-11-20/h3-17H,1-2H3. The largest absolute Gasteiger partial charge is 0.497 e. The van der Waals surface area contributed by atoms with Crippen LogP contribution in [-0.4, -0.2) is 14.2 Å². The SMILES string of the molecule is COc1ccc(-c2cc(-c3ccccc3)pc(-c3ccc(OC)cc3)c2)cc1. The molecule has 0 spiro atoms. The minimum Gasteiger partial charge on any atom is -0.497 e. The lowest BCUT2D eigenvalue weighted by Crippen LogP contribution is -1.85. The van der Waals surface area contributed by atoms with E-state index in [0.29, 0.717) is 0 Å². The molecule has 2 nitrogen and oxygen atoms in total. The van der Waals surface area contributed by atoms with Crippen LogP contribution in [-0.2, 0) is 0 Å². The Labute approximate surface area is 167 Å². The van der Waals surface area contributed by atoms with Gasteiger partial charge in [0.05, 0.1) is 14.2 Å². The summed E-state index contributed by atoms with van der Waals surface area (Å²) in [6.07, 6.45) is 0. The van der Waals surface area contributed by atoms with Gasteiger partial charge in [-0.3, -0.25) is 0 Å². The van der Waals surface area contributed by atoms with Gasteiger partial charge in [-0.2, -0.15) is 0 Å². The van der Waals surface area contributed by atoms with Crippen LogP contribution in [0.15, 0.2) is 91.0 Å². The van der Waals surface area contributed by atoms with E-state index in [1.54, 1.807) is 14.2 Å². The molecular formula is C25H21O2P. The Bertz CT molecular complexity index is 990. The summed E-state index contributed by atoms with van der Waals surface area (Å²) in [4.78, 5) is 0. The summed E-state index contributed by atoms with van der Waals surface area (Å²) in [7, 11) is 4.58. The van der Waals surface area contributed by atoms with Gasteiger partial charge in [0.2, 0.25) is 0 Å². The van der Waals surface area contributed by atoms with Crippen molar-refractivity contribution in [2.75, 3.05) is 14.2 Å². The lowest BCUT2D eigenvalue weighted by molar-refractivity contribution is 0.415. The van der Waals surface area contributed by atoms with Crippen LogP contribution in [0.2, 0.25) is 0 Å². The van der Waals surface area contributed by atoms with Gasteiger partial charge in [-0.15, -0.1) is 0 Å². The smallest absolute Gasteiger partial charge is 0.118 e. The predicted molar refractivity (Wildman–Crippen MR) is 118 cm³/mol. The van der Waals surface area contributed by atoms with Gasteiger partial charge < -0.3 is 9.47 Å². The lowest BCUT2D eigenvalue weighted by Gasteiger charge is -2.11. The van der Waals surface area contributed by atoms with Crippen LogP contribution in [0.4, 0.5) is 0 Å². The molecule has 0 aliphatic carbocycles. The number of rotatable bonds is 5. The second-order valence-electron chi connectivity index (χ2n) is 6.45. The zero-order valence-corrected chi connectivity index (χ0v) is 16.8. The van der Waals surface area contributed by atoms with Gasteiger partial charge in [-0.1, -0.05) is 62.8 Å². The maximum atomic E-state index is 5.31. The molecule has 0 aliphatic rings. The van der Waals surface area contributed by atoms with Crippen molar-refractivity contribution in [1.29, 1.82) is 0 Å². The van der Waals surface area contributed by atoms with E-state index in [-0.39, 0.29) is 0 Å². The quantitative estimate of drug-likeness (QED) is 0.360. The summed E-state index contributed by atoms with van der Waals surface area (Å²) in [5.74, 6) is 1.74. The van der Waals surface area contributed by atoms with Crippen molar-refractivity contribution in [2.45, 2.75) is 0 Å². The first kappa shape index (κ1) is 18.3. The molecule has 0 unspecified atom stereocenters. The van der Waals surface area contributed by atoms with Gasteiger partial charge in [0.15, 0.2) is 0 Å². The number of benzene rings is 3. The fourth-order valence-electron chi connectivity index (χ4n) is 3.15. The van der Waals surface area contributed by atoms with E-state index in [1.165, 1.54) is 41.0 Å². The molecule has 0 saturated carbocycles. The van der Waals surface area contributed by atoms with Crippen molar-refractivity contribution in [3.05, 3.63) is 91.0 Å². The summed E-state index contributed by atoms with van der Waals surface area (Å²) < 4.78 is 10.6. The molecule has 0 aliphatic heterocycles. The van der Waals surface area contributed by atoms with E-state index in [9.17, 15) is 0 Å². The highest BCUT2D eigenvalue weighted by molar-refractivity contribution is 7.37. The molecule has 4 aromatic rings. The molecule has 0 amide bonds. The monoisotopic (exact) mass is 384 g/mol. The summed E-state index contributed by atoms with van der Waals surface area (Å²) in [6, 6.07) is 31.6. The molecule has 0 atom stereocenters. The van der Waals surface area contributed by atoms with Crippen molar-refractivity contribution < 1.29 is 9.47 Å². The van der Waals surface area contributed by atoms with Gasteiger partial charge in [-0.25, -0.2) is 0 Å². The first-order valence-electron chi connectivity index (χ1n) is 9.13. The van der Waals surface area contributed by atoms with Crippen LogP contribution in [0, 0.1) is 0 Å². The summed E-state index contributed by atoms with van der Waals surface area (Å²) in [5.41, 5.74) is 4.82. The number of hydrogen-bond donors (Lipinski definition) is 0. The highest BCUT2D eigenvalue weighted by Gasteiger charge is 2.08. The van der Waals surface area contributed by atoms with Crippen LogP contribution < -0.4 is 9.47 Å². The third-order valence-electron chi connectivity index (χ3n) is 4.70. The summed E-state index contributed by atoms with van der Waals surface area (Å²) in [6.45, 7) is 0. The van der Waals surface area contributed by atoms with E-state index < -0.39 is 0 Å². The Morgan fingerprint density at radius 2 is 0.964 bits per heavy atom. The molecule has 0 fully saturated rings. The van der Waals surface area contributed by atoms with Gasteiger partial charge in [0.25, 0.3) is 0 Å². The highest BCUT2D eigenvalue weighted by atomic mass is 31.0. The maximum absolute atomic E-state index is 5.31. The van der Waals surface area contributed by atoms with Crippen molar-refractivity contribution >= 4 is 8.19 Å². The van der Waals surface area contributed by atoms with E-state index in [4.69, 9.17) is 9.47 Å². The minimum absolute atomic E-state index is 0.866. The molecule has 0 N–H and O–H groups in total. The highest BCUT2D eigenvalue weighted by Crippen LogP contribution is 2.41. The zero-order valence-electron chi connectivity index (χ0n) is 15.9. The van der Waals surface area contributed by atoms with Crippen molar-refractivity contribution in [3.8, 4) is 44.3 Å². The Hall–Kier alpha value is -3.09. The molecule has 138 valence electrons. The average Bonchev–Trinajstić information content (AvgIpc) is 2.79. The third kappa shape index (κ3) is 3.93. The molecule has 0 radical (unpaired) electrons. The molecule has 1 heterocycles. The van der Waals surface area contributed by atoms with Crippen molar-refractivity contribution in [2.24, 2.45) is 0 Å². The first-order chi connectivity index (χ1) is 13.8. The van der Waals surface area contributed by atoms with Crippen LogP contribution in [0.25, 0.3) is 32.8 Å². The number of ether oxygens (including phenoxy) is 2. The molecule has 28 heavy (non-hydrogen) atoms. The fraction of sp³-hybridized carbons (Fsp3) is 0.0800. The molecule has 0 bridgehead atoms.